The molecular formula is C17H17ClF3NO2. The Balaban J connectivity index is 2.35. The van der Waals surface area contributed by atoms with Gasteiger partial charge in [-0.15, -0.1) is 24.8 Å². The Hall–Kier alpha value is -2.08. The third-order valence-electron chi connectivity index (χ3n) is 3.13. The van der Waals surface area contributed by atoms with Gasteiger partial charge in [0, 0.05) is 17.3 Å². The topological polar surface area (TPSA) is 34.2 Å². The van der Waals surface area contributed by atoms with Gasteiger partial charge in [-0.1, -0.05) is 13.0 Å². The third kappa shape index (κ3) is 4.71. The summed E-state index contributed by atoms with van der Waals surface area (Å²) in [5.41, 5.74) is 1.21. The molecule has 1 aromatic heterocycles. The highest BCUT2D eigenvalue weighted by atomic mass is 35.5. The molecule has 3 nitrogen and oxygen atoms in total. The van der Waals surface area contributed by atoms with Crippen LogP contribution in [0.2, 0.25) is 0 Å². The van der Waals surface area contributed by atoms with Gasteiger partial charge in [0.25, 0.3) is 0 Å². The van der Waals surface area contributed by atoms with Gasteiger partial charge in [0.2, 0.25) is 0 Å². The van der Waals surface area contributed by atoms with E-state index in [0.29, 0.717) is 34.0 Å². The molecule has 0 saturated carbocycles. The van der Waals surface area contributed by atoms with Gasteiger partial charge in [-0.05, 0) is 37.6 Å². The van der Waals surface area contributed by atoms with Crippen LogP contribution in [-0.2, 0) is 0 Å². The van der Waals surface area contributed by atoms with Gasteiger partial charge in [0.05, 0.1) is 11.2 Å². The van der Waals surface area contributed by atoms with E-state index in [2.05, 4.69) is 9.72 Å². The van der Waals surface area contributed by atoms with Crippen molar-refractivity contribution in [3.8, 4) is 11.5 Å². The molecular weight excluding hydrogens is 343 g/mol. The predicted octanol–water partition coefficient (Wildman–Crippen LogP) is 5.84. The molecule has 1 heterocycles. The molecule has 130 valence electrons. The van der Waals surface area contributed by atoms with Crippen molar-refractivity contribution in [2.45, 2.75) is 26.6 Å². The molecule has 2 aromatic rings. The fraction of sp³-hybridized carbons (Fsp3) is 0.294. The lowest BCUT2D eigenvalue weighted by molar-refractivity contribution is -0.274. The van der Waals surface area contributed by atoms with E-state index < -0.39 is 6.36 Å². The second-order valence-electron chi connectivity index (χ2n) is 5.01. The number of benzene rings is 1. The van der Waals surface area contributed by atoms with Crippen LogP contribution in [-0.4, -0.2) is 17.2 Å². The number of aryl methyl sites for hydroxylation is 1. The van der Waals surface area contributed by atoms with Gasteiger partial charge in [0.1, 0.15) is 11.5 Å². The lowest BCUT2D eigenvalue weighted by atomic mass is 10.2. The number of halogens is 4. The zero-order valence-corrected chi connectivity index (χ0v) is 14.0. The highest BCUT2D eigenvalue weighted by Crippen LogP contribution is 2.34. The molecule has 0 aliphatic rings. The molecule has 2 rings (SSSR count). The average molecular weight is 360 g/mol. The molecule has 0 atom stereocenters. The Bertz CT molecular complexity index is 763. The quantitative estimate of drug-likeness (QED) is 0.399. The molecule has 0 radical (unpaired) electrons. The van der Waals surface area contributed by atoms with Crippen LogP contribution in [0.5, 0.6) is 11.5 Å². The summed E-state index contributed by atoms with van der Waals surface area (Å²) < 4.78 is 46.8. The van der Waals surface area contributed by atoms with Crippen molar-refractivity contribution >= 4 is 22.5 Å². The first-order valence-electron chi connectivity index (χ1n) is 7.32. The largest absolute Gasteiger partial charge is 0.573 e. The number of hydrogen-bond donors (Lipinski definition) is 1. The Labute approximate surface area is 142 Å². The van der Waals surface area contributed by atoms with Crippen LogP contribution < -0.4 is 9.47 Å². The number of rotatable bonds is 6. The van der Waals surface area contributed by atoms with Crippen molar-refractivity contribution in [3.05, 3.63) is 47.9 Å². The maximum Gasteiger partial charge on any atom is 0.573 e. The third-order valence-corrected chi connectivity index (χ3v) is 3.31. The number of aromatic amines is 1. The van der Waals surface area contributed by atoms with Crippen molar-refractivity contribution in [2.24, 2.45) is 0 Å². The molecule has 0 amide bonds. The highest BCUT2D eigenvalue weighted by Gasteiger charge is 2.31. The summed E-state index contributed by atoms with van der Waals surface area (Å²) in [6.45, 7) is 3.76. The molecule has 0 spiro atoms. The summed E-state index contributed by atoms with van der Waals surface area (Å²) in [5, 5.41) is 0.670. The lowest BCUT2D eigenvalue weighted by Crippen LogP contribution is -2.16. The van der Waals surface area contributed by atoms with Crippen LogP contribution in [0.25, 0.3) is 10.9 Å². The number of allylic oxidation sites excluding steroid dienone is 3. The minimum atomic E-state index is -4.72. The minimum absolute atomic E-state index is 0.283. The molecule has 1 N–H and O–H groups in total. The number of H-pyrrole nitrogens is 1. The summed E-state index contributed by atoms with van der Waals surface area (Å²) in [5.74, 6) is 1.25. The first-order chi connectivity index (χ1) is 11.3. The summed E-state index contributed by atoms with van der Waals surface area (Å²) in [7, 11) is 0. The fourth-order valence-electron chi connectivity index (χ4n) is 2.24. The zero-order valence-electron chi connectivity index (χ0n) is 13.2. The van der Waals surface area contributed by atoms with Crippen molar-refractivity contribution in [3.63, 3.8) is 0 Å². The minimum Gasteiger partial charge on any atom is -0.455 e. The normalized spacial score (nSPS) is 13.0. The van der Waals surface area contributed by atoms with Gasteiger partial charge >= 0.3 is 6.36 Å². The molecule has 1 aromatic carbocycles. The number of hydrogen-bond acceptors (Lipinski definition) is 2. The van der Waals surface area contributed by atoms with Crippen LogP contribution in [0.1, 0.15) is 19.0 Å². The summed E-state index contributed by atoms with van der Waals surface area (Å²) >= 11 is 5.64. The standard InChI is InChI=1S/C17H17ClF3NO2/c1-3-5-12(6-4-9-18)23-16-11(2)22-15-10-13(7-8-14(15)16)24-17(19,20)21/h4-8,10,22H,3,9H2,1-2H3/b6-4-,12-5+. The number of nitrogens with one attached hydrogen (secondary N) is 1. The van der Waals surface area contributed by atoms with Gasteiger partial charge in [-0.25, -0.2) is 0 Å². The summed E-state index contributed by atoms with van der Waals surface area (Å²) in [6.07, 6.45) is 1.45. The van der Waals surface area contributed by atoms with E-state index in [1.165, 1.54) is 18.2 Å². The average Bonchev–Trinajstić information content (AvgIpc) is 2.78. The van der Waals surface area contributed by atoms with E-state index in [4.69, 9.17) is 16.3 Å². The van der Waals surface area contributed by atoms with Crippen LogP contribution >= 0.6 is 11.6 Å². The number of alkyl halides is 4. The maximum absolute atomic E-state index is 12.3. The van der Waals surface area contributed by atoms with Crippen LogP contribution in [0.15, 0.2) is 42.2 Å². The van der Waals surface area contributed by atoms with E-state index in [-0.39, 0.29) is 5.75 Å². The molecule has 24 heavy (non-hydrogen) atoms. The summed E-state index contributed by atoms with van der Waals surface area (Å²) in [4.78, 5) is 3.01. The van der Waals surface area contributed by atoms with E-state index in [1.807, 2.05) is 13.0 Å². The molecule has 0 unspecified atom stereocenters. The summed E-state index contributed by atoms with van der Waals surface area (Å²) in [6, 6.07) is 4.08. The van der Waals surface area contributed by atoms with E-state index in [9.17, 15) is 13.2 Å². The second kappa shape index (κ2) is 7.66. The second-order valence-corrected chi connectivity index (χ2v) is 5.32. The lowest BCUT2D eigenvalue weighted by Gasteiger charge is -2.09. The molecule has 0 saturated heterocycles. The van der Waals surface area contributed by atoms with Crippen molar-refractivity contribution in [1.82, 2.24) is 4.98 Å². The van der Waals surface area contributed by atoms with Gasteiger partial charge < -0.3 is 14.5 Å². The smallest absolute Gasteiger partial charge is 0.455 e. The first kappa shape index (κ1) is 18.3. The predicted molar refractivity (Wildman–Crippen MR) is 88.6 cm³/mol. The van der Waals surface area contributed by atoms with Crippen molar-refractivity contribution in [2.75, 3.05) is 5.88 Å². The Kier molecular flexibility index (Phi) is 5.83. The monoisotopic (exact) mass is 359 g/mol. The Morgan fingerprint density at radius 2 is 2.08 bits per heavy atom. The van der Waals surface area contributed by atoms with Crippen LogP contribution in [0, 0.1) is 6.92 Å². The number of ether oxygens (including phenoxy) is 2. The SMILES string of the molecule is CC/C=C(\C=C/CCl)Oc1c(C)[nH]c2cc(OC(F)(F)F)ccc12. The molecule has 0 fully saturated rings. The highest BCUT2D eigenvalue weighted by molar-refractivity contribution is 6.18. The van der Waals surface area contributed by atoms with Crippen molar-refractivity contribution < 1.29 is 22.6 Å². The van der Waals surface area contributed by atoms with Crippen LogP contribution in [0.3, 0.4) is 0 Å². The van der Waals surface area contributed by atoms with E-state index in [1.54, 1.807) is 19.1 Å². The van der Waals surface area contributed by atoms with Gasteiger partial charge in [-0.2, -0.15) is 0 Å². The van der Waals surface area contributed by atoms with Gasteiger partial charge in [0.15, 0.2) is 5.75 Å². The van der Waals surface area contributed by atoms with Gasteiger partial charge in [-0.3, -0.25) is 0 Å². The zero-order chi connectivity index (χ0) is 17.7. The molecule has 0 aliphatic carbocycles. The number of fused-ring (bicyclic) bond motifs is 1. The Morgan fingerprint density at radius 1 is 1.33 bits per heavy atom. The van der Waals surface area contributed by atoms with Crippen LogP contribution in [0.4, 0.5) is 13.2 Å². The maximum atomic E-state index is 12.3. The van der Waals surface area contributed by atoms with Crippen molar-refractivity contribution in [1.29, 1.82) is 0 Å². The van der Waals surface area contributed by atoms with E-state index >= 15 is 0 Å². The Morgan fingerprint density at radius 3 is 2.71 bits per heavy atom. The fourth-order valence-corrected chi connectivity index (χ4v) is 2.33. The van der Waals surface area contributed by atoms with E-state index in [0.717, 1.165) is 6.42 Å². The number of aromatic nitrogens is 1. The first-order valence-corrected chi connectivity index (χ1v) is 7.86. The molecule has 0 bridgehead atoms. The molecule has 0 aliphatic heterocycles. The molecule has 7 heteroatoms.